The van der Waals surface area contributed by atoms with Crippen LogP contribution in [0.3, 0.4) is 0 Å². The molecule has 0 unspecified atom stereocenters. The van der Waals surface area contributed by atoms with E-state index < -0.39 is 0 Å². The number of ether oxygens (including phenoxy) is 1. The van der Waals surface area contributed by atoms with Crippen molar-refractivity contribution in [3.8, 4) is 5.75 Å². The SMILES string of the molecule is COc1cc(C(=O)NC2CCN(C3CC3)CC2)ccc1Cn1ncc2nc(N)nc(NCC3CC4(CC4)C3)c21. The molecule has 4 N–H and O–H groups in total. The van der Waals surface area contributed by atoms with Gasteiger partial charge in [-0.3, -0.25) is 9.48 Å². The number of methoxy groups -OCH3 is 1. The molecule has 3 heterocycles. The number of piperidine rings is 1. The van der Waals surface area contributed by atoms with E-state index in [0.29, 0.717) is 34.7 Å². The molecular weight excluding hydrogens is 492 g/mol. The maximum Gasteiger partial charge on any atom is 0.251 e. The Morgan fingerprint density at radius 2 is 1.95 bits per heavy atom. The highest BCUT2D eigenvalue weighted by atomic mass is 16.5. The Morgan fingerprint density at radius 1 is 1.15 bits per heavy atom. The van der Waals surface area contributed by atoms with Gasteiger partial charge in [-0.15, -0.1) is 0 Å². The van der Waals surface area contributed by atoms with Gasteiger partial charge in [0.2, 0.25) is 5.95 Å². The summed E-state index contributed by atoms with van der Waals surface area (Å²) in [7, 11) is 1.64. The van der Waals surface area contributed by atoms with Crippen LogP contribution in [0.25, 0.3) is 11.0 Å². The summed E-state index contributed by atoms with van der Waals surface area (Å²) in [5.74, 6) is 2.25. The van der Waals surface area contributed by atoms with E-state index in [1.165, 1.54) is 38.5 Å². The molecule has 1 aliphatic heterocycles. The first-order valence-corrected chi connectivity index (χ1v) is 14.4. The van der Waals surface area contributed by atoms with Gasteiger partial charge in [-0.25, -0.2) is 4.98 Å². The highest BCUT2D eigenvalue weighted by Gasteiger charge is 2.52. The van der Waals surface area contributed by atoms with E-state index in [9.17, 15) is 4.79 Å². The zero-order valence-corrected chi connectivity index (χ0v) is 22.7. The van der Waals surface area contributed by atoms with Crippen molar-refractivity contribution >= 4 is 28.7 Å². The first-order chi connectivity index (χ1) is 19.0. The van der Waals surface area contributed by atoms with Gasteiger partial charge in [0.1, 0.15) is 16.8 Å². The molecular formula is C29H38N8O2. The summed E-state index contributed by atoms with van der Waals surface area (Å²) >= 11 is 0. The molecule has 4 aliphatic rings. The van der Waals surface area contributed by atoms with Crippen LogP contribution in [0.1, 0.15) is 67.3 Å². The summed E-state index contributed by atoms with van der Waals surface area (Å²) in [4.78, 5) is 24.5. The van der Waals surface area contributed by atoms with Crippen molar-refractivity contribution in [3.63, 3.8) is 0 Å². The van der Waals surface area contributed by atoms with E-state index in [4.69, 9.17) is 10.5 Å². The molecule has 1 saturated heterocycles. The largest absolute Gasteiger partial charge is 0.496 e. The first kappa shape index (κ1) is 24.6. The van der Waals surface area contributed by atoms with Gasteiger partial charge in [0.05, 0.1) is 19.9 Å². The number of carbonyl (C=O) groups is 1. The molecule has 1 aromatic carbocycles. The predicted octanol–water partition coefficient (Wildman–Crippen LogP) is 3.42. The summed E-state index contributed by atoms with van der Waals surface area (Å²) < 4.78 is 7.60. The summed E-state index contributed by atoms with van der Waals surface area (Å²) in [6.45, 7) is 3.49. The molecule has 0 bridgehead atoms. The number of anilines is 2. The van der Waals surface area contributed by atoms with E-state index in [1.807, 2.05) is 22.9 Å². The van der Waals surface area contributed by atoms with Gasteiger partial charge in [0.25, 0.3) is 5.91 Å². The number of nitrogens with zero attached hydrogens (tertiary/aromatic N) is 5. The summed E-state index contributed by atoms with van der Waals surface area (Å²) in [6.07, 6.45) is 11.8. The lowest BCUT2D eigenvalue weighted by Crippen LogP contribution is -2.45. The molecule has 39 heavy (non-hydrogen) atoms. The van der Waals surface area contributed by atoms with Crippen molar-refractivity contribution in [2.45, 2.75) is 70.0 Å². The topological polar surface area (TPSA) is 123 Å². The van der Waals surface area contributed by atoms with Crippen molar-refractivity contribution in [3.05, 3.63) is 35.5 Å². The van der Waals surface area contributed by atoms with Crippen LogP contribution in [0.15, 0.2) is 24.4 Å². The third-order valence-electron chi connectivity index (χ3n) is 9.26. The number of hydrogen-bond donors (Lipinski definition) is 3. The number of fused-ring (bicyclic) bond motifs is 1. The monoisotopic (exact) mass is 530 g/mol. The molecule has 7 rings (SSSR count). The van der Waals surface area contributed by atoms with Crippen LogP contribution in [0.2, 0.25) is 0 Å². The zero-order valence-electron chi connectivity index (χ0n) is 22.7. The van der Waals surface area contributed by atoms with E-state index in [1.54, 1.807) is 13.3 Å². The van der Waals surface area contributed by atoms with Gasteiger partial charge < -0.3 is 26.0 Å². The number of aromatic nitrogens is 4. The van der Waals surface area contributed by atoms with E-state index in [2.05, 4.69) is 30.6 Å². The number of likely N-dealkylation sites (tertiary alicyclic amines) is 1. The second-order valence-electron chi connectivity index (χ2n) is 12.2. The lowest BCUT2D eigenvalue weighted by Gasteiger charge is -2.36. The minimum atomic E-state index is -0.0476. The molecule has 0 radical (unpaired) electrons. The first-order valence-electron chi connectivity index (χ1n) is 14.4. The highest BCUT2D eigenvalue weighted by molar-refractivity contribution is 5.95. The van der Waals surface area contributed by atoms with Crippen molar-refractivity contribution < 1.29 is 9.53 Å². The van der Waals surface area contributed by atoms with Gasteiger partial charge >= 0.3 is 0 Å². The fourth-order valence-corrected chi connectivity index (χ4v) is 6.69. The van der Waals surface area contributed by atoms with Crippen LogP contribution in [0.5, 0.6) is 5.75 Å². The number of carbonyl (C=O) groups excluding carboxylic acids is 1. The number of nitrogen functional groups attached to an aromatic ring is 1. The van der Waals surface area contributed by atoms with E-state index in [-0.39, 0.29) is 17.9 Å². The smallest absolute Gasteiger partial charge is 0.251 e. The summed E-state index contributed by atoms with van der Waals surface area (Å²) in [5.41, 5.74) is 9.75. The van der Waals surface area contributed by atoms with Crippen LogP contribution in [-0.2, 0) is 6.54 Å². The lowest BCUT2D eigenvalue weighted by atomic mass is 9.72. The minimum absolute atomic E-state index is 0.0476. The standard InChI is InChI=1S/C29H38N8O2/c1-39-24-12-19(27(38)33-21-6-10-36(11-7-21)22-4-5-22)2-3-20(24)17-37-25-23(16-32-37)34-28(30)35-26(25)31-15-18-13-29(14-18)8-9-29/h2-3,12,16,18,21-22H,4-11,13-15,17H2,1H3,(H,33,38)(H3,30,31,34,35). The zero-order chi connectivity index (χ0) is 26.6. The molecule has 4 fully saturated rings. The van der Waals surface area contributed by atoms with Crippen molar-refractivity contribution in [1.82, 2.24) is 30.0 Å². The third-order valence-corrected chi connectivity index (χ3v) is 9.26. The number of rotatable bonds is 9. The Kier molecular flexibility index (Phi) is 6.10. The van der Waals surface area contributed by atoms with Crippen LogP contribution >= 0.6 is 0 Å². The Hall–Kier alpha value is -3.40. The molecule has 0 atom stereocenters. The number of benzene rings is 1. The average Bonchev–Trinajstić information content (AvgIpc) is 3.85. The molecule has 2 aromatic heterocycles. The Bertz CT molecular complexity index is 1380. The Morgan fingerprint density at radius 3 is 2.67 bits per heavy atom. The summed E-state index contributed by atoms with van der Waals surface area (Å²) in [5, 5.41) is 11.4. The molecule has 1 amide bonds. The molecule has 1 spiro atoms. The second-order valence-corrected chi connectivity index (χ2v) is 12.2. The fourth-order valence-electron chi connectivity index (χ4n) is 6.69. The van der Waals surface area contributed by atoms with Crippen molar-refractivity contribution in [2.75, 3.05) is 37.8 Å². The van der Waals surface area contributed by atoms with E-state index >= 15 is 0 Å². The van der Waals surface area contributed by atoms with Crippen LogP contribution in [-0.4, -0.2) is 69.4 Å². The minimum Gasteiger partial charge on any atom is -0.496 e. The molecule has 206 valence electrons. The van der Waals surface area contributed by atoms with Gasteiger partial charge in [-0.1, -0.05) is 6.07 Å². The summed E-state index contributed by atoms with van der Waals surface area (Å²) in [6, 6.07) is 6.66. The Balaban J connectivity index is 1.04. The quantitative estimate of drug-likeness (QED) is 0.385. The predicted molar refractivity (Wildman–Crippen MR) is 150 cm³/mol. The second kappa shape index (κ2) is 9.66. The number of nitrogens with one attached hydrogen (secondary N) is 2. The van der Waals surface area contributed by atoms with Gasteiger partial charge in [-0.2, -0.15) is 10.1 Å². The molecule has 3 saturated carbocycles. The Labute approximate surface area is 228 Å². The average molecular weight is 531 g/mol. The van der Waals surface area contributed by atoms with Gasteiger partial charge in [0, 0.05) is 42.8 Å². The molecule has 3 aliphatic carbocycles. The van der Waals surface area contributed by atoms with E-state index in [0.717, 1.165) is 55.4 Å². The van der Waals surface area contributed by atoms with Gasteiger partial charge in [0.15, 0.2) is 5.82 Å². The highest BCUT2D eigenvalue weighted by Crippen LogP contribution is 2.63. The molecule has 10 heteroatoms. The molecule has 3 aromatic rings. The third kappa shape index (κ3) is 5.02. The fraction of sp³-hybridized carbons (Fsp3) is 0.586. The van der Waals surface area contributed by atoms with Crippen LogP contribution in [0, 0.1) is 11.3 Å². The number of hydrogen-bond acceptors (Lipinski definition) is 8. The van der Waals surface area contributed by atoms with Crippen LogP contribution in [0.4, 0.5) is 11.8 Å². The maximum absolute atomic E-state index is 13.1. The lowest BCUT2D eigenvalue weighted by molar-refractivity contribution is 0.0908. The van der Waals surface area contributed by atoms with Crippen LogP contribution < -0.4 is 21.1 Å². The maximum atomic E-state index is 13.1. The number of nitrogens with two attached hydrogens (primary N) is 1. The normalized spacial score (nSPS) is 21.2. The number of amides is 1. The van der Waals surface area contributed by atoms with Crippen molar-refractivity contribution in [2.24, 2.45) is 11.3 Å². The van der Waals surface area contributed by atoms with Crippen molar-refractivity contribution in [1.29, 1.82) is 0 Å². The van der Waals surface area contributed by atoms with Gasteiger partial charge in [-0.05, 0) is 74.8 Å². The molecule has 10 nitrogen and oxygen atoms in total.